The highest BCUT2D eigenvalue weighted by Gasteiger charge is 2.40. The second-order valence-corrected chi connectivity index (χ2v) is 20.5. The van der Waals surface area contributed by atoms with Crippen molar-refractivity contribution in [2.45, 2.75) is 113 Å². The lowest BCUT2D eigenvalue weighted by molar-refractivity contribution is -0.142. The van der Waals surface area contributed by atoms with Crippen molar-refractivity contribution in [3.05, 3.63) is 65.7 Å². The quantitative estimate of drug-likeness (QED) is 0.0274. The number of benzene rings is 2. The van der Waals surface area contributed by atoms with Crippen LogP contribution in [0.25, 0.3) is 0 Å². The fourth-order valence-electron chi connectivity index (χ4n) is 7.78. The first-order chi connectivity index (χ1) is 36.9. The molecule has 2 aliphatic rings. The number of carbonyl (C=O) groups excluding carboxylic acids is 11. The number of carbonyl (C=O) groups is 12. The van der Waals surface area contributed by atoms with Crippen LogP contribution in [0, 0.1) is 0 Å². The van der Waals surface area contributed by atoms with Gasteiger partial charge in [-0.1, -0.05) is 64.1 Å². The molecule has 0 spiro atoms. The first kappa shape index (κ1) is 64.1. The predicted octanol–water partition coefficient (Wildman–Crippen LogP) is -4.25. The summed E-state index contributed by atoms with van der Waals surface area (Å²) in [6, 6.07) is 4.52. The molecule has 2 saturated heterocycles. The van der Waals surface area contributed by atoms with Gasteiger partial charge in [0.2, 0.25) is 65.0 Å². The number of primary amides is 3. The van der Waals surface area contributed by atoms with Crippen LogP contribution in [-0.2, 0) is 70.4 Å². The molecule has 426 valence electrons. The monoisotopic (exact) mass is 1130 g/mol. The number of aromatic hydroxyl groups is 1. The number of likely N-dealkylation sites (tertiary alicyclic amines) is 1. The lowest BCUT2D eigenvalue weighted by Crippen LogP contribution is -2.61. The zero-order valence-electron chi connectivity index (χ0n) is 42.7. The van der Waals surface area contributed by atoms with Gasteiger partial charge in [-0.3, -0.25) is 62.5 Å². The molecule has 19 N–H and O–H groups in total. The second-order valence-electron chi connectivity index (χ2n) is 17.9. The maximum Gasteiger partial charge on any atom is 0.300 e. The van der Waals surface area contributed by atoms with Gasteiger partial charge < -0.3 is 81.0 Å². The van der Waals surface area contributed by atoms with E-state index in [1.807, 2.05) is 0 Å². The molecule has 7 atom stereocenters. The molecule has 2 fully saturated rings. The molecule has 3 unspecified atom stereocenters. The highest BCUT2D eigenvalue weighted by molar-refractivity contribution is 8.76. The second kappa shape index (κ2) is 33.1. The number of nitrogens with two attached hydrogens (primary N) is 5. The van der Waals surface area contributed by atoms with Gasteiger partial charge in [0.15, 0.2) is 5.96 Å². The SMILES string of the molecule is CC(=O)O.NC(=O)CC[C@@H]1NC(=O)C(Cc2ccccc2)NC(=O)C(Cc2ccc(O)cc2)NC(=O)CCSSC[C@@H](C(=O)N2CCC[C@H]2C(=O)N[C@H](CCCN=C(N)N)C(=O)NCC(N)=O)NC(=O)C(CC(N)=O)NC1=O. The summed E-state index contributed by atoms with van der Waals surface area (Å²) in [6.07, 6.45) is -1.34. The fourth-order valence-corrected chi connectivity index (χ4v) is 9.93. The number of aliphatic imine (C=N–C) groups is 1. The van der Waals surface area contributed by atoms with Gasteiger partial charge >= 0.3 is 0 Å². The van der Waals surface area contributed by atoms with E-state index in [1.165, 1.54) is 17.0 Å². The van der Waals surface area contributed by atoms with Crippen LogP contribution in [0.3, 0.4) is 0 Å². The van der Waals surface area contributed by atoms with Crippen molar-refractivity contribution in [3.8, 4) is 5.75 Å². The molecular weight excluding hydrogens is 1060 g/mol. The average molecular weight is 1130 g/mol. The number of hydrogen-bond acceptors (Lipinski definition) is 16. The zero-order valence-corrected chi connectivity index (χ0v) is 44.4. The summed E-state index contributed by atoms with van der Waals surface area (Å²) in [5.74, 6) is -10.6. The topological polar surface area (TPSA) is 475 Å². The molecule has 28 nitrogen and oxygen atoms in total. The first-order valence-corrected chi connectivity index (χ1v) is 27.0. The Balaban J connectivity index is 0.00000386. The molecule has 4 rings (SSSR count). The summed E-state index contributed by atoms with van der Waals surface area (Å²) in [7, 11) is 2.19. The predicted molar refractivity (Wildman–Crippen MR) is 285 cm³/mol. The largest absolute Gasteiger partial charge is 0.508 e. The molecule has 2 aromatic carbocycles. The van der Waals surface area contributed by atoms with E-state index in [0.717, 1.165) is 28.5 Å². The summed E-state index contributed by atoms with van der Waals surface area (Å²) >= 11 is 0. The number of amides is 11. The number of nitrogens with one attached hydrogen (secondary N) is 7. The molecule has 0 saturated carbocycles. The van der Waals surface area contributed by atoms with E-state index in [0.29, 0.717) is 17.5 Å². The molecule has 0 radical (unpaired) electrons. The van der Waals surface area contributed by atoms with Crippen molar-refractivity contribution in [1.29, 1.82) is 0 Å². The minimum absolute atomic E-state index is 0.0128. The van der Waals surface area contributed by atoms with E-state index in [1.54, 1.807) is 42.5 Å². The van der Waals surface area contributed by atoms with Crippen molar-refractivity contribution in [1.82, 2.24) is 42.1 Å². The normalized spacial score (nSPS) is 20.9. The number of aliphatic carboxylic acids is 1. The molecule has 11 amide bonds. The van der Waals surface area contributed by atoms with Crippen LogP contribution < -0.4 is 65.9 Å². The van der Waals surface area contributed by atoms with Gasteiger partial charge in [-0.05, 0) is 55.4 Å². The number of phenols is 1. The van der Waals surface area contributed by atoms with Crippen LogP contribution in [0.1, 0.15) is 69.4 Å². The van der Waals surface area contributed by atoms with Crippen LogP contribution in [0.2, 0.25) is 0 Å². The van der Waals surface area contributed by atoms with Crippen LogP contribution in [0.4, 0.5) is 0 Å². The average Bonchev–Trinajstić information content (AvgIpc) is 3.89. The Labute approximate surface area is 456 Å². The summed E-state index contributed by atoms with van der Waals surface area (Å²) in [6.45, 7) is 0.682. The van der Waals surface area contributed by atoms with Gasteiger partial charge in [-0.15, -0.1) is 0 Å². The third-order valence-electron chi connectivity index (χ3n) is 11.5. The Morgan fingerprint density at radius 1 is 0.744 bits per heavy atom. The van der Waals surface area contributed by atoms with E-state index >= 15 is 0 Å². The standard InChI is InChI=1S/C46H64N14O12S2.C2H4O2/c47-35(62)15-14-29-40(67)58-32(22-36(48)63)43(70)59-33(45(72)60-18-5-9-34(60)44(71)56-28(8-4-17-52-46(50)51)39(66)53-23-37(49)64)24-74-73-19-16-38(65)54-30(21-26-10-12-27(61)13-11-26)41(68)57-31(42(69)55-29)20-25-6-2-1-3-7-25;1-2(3)4/h1-3,6-7,10-13,28-34,61H,4-5,8-9,14-24H2,(H2,47,62)(H2,48,63)(H2,49,64)(H,53,66)(H,54,65)(H,55,69)(H,56,71)(H,57,68)(H,58,67)(H,59,70)(H4,50,51,52);1H3,(H,3,4)/t28-,29+,30?,31?,32?,33+,34+;/m1./s1. The Morgan fingerprint density at radius 3 is 1.92 bits per heavy atom. The van der Waals surface area contributed by atoms with Crippen LogP contribution in [-0.4, -0.2) is 165 Å². The van der Waals surface area contributed by atoms with E-state index in [-0.39, 0.29) is 74.8 Å². The fraction of sp³-hybridized carbons (Fsp3) is 0.479. The minimum Gasteiger partial charge on any atom is -0.508 e. The molecule has 2 heterocycles. The summed E-state index contributed by atoms with van der Waals surface area (Å²) in [4.78, 5) is 162. The molecule has 2 aromatic rings. The lowest BCUT2D eigenvalue weighted by Gasteiger charge is -2.31. The van der Waals surface area contributed by atoms with Crippen LogP contribution in [0.15, 0.2) is 59.6 Å². The van der Waals surface area contributed by atoms with Crippen molar-refractivity contribution in [3.63, 3.8) is 0 Å². The Morgan fingerprint density at radius 2 is 1.32 bits per heavy atom. The number of phenolic OH excluding ortho intramolecular Hbond substituents is 1. The summed E-state index contributed by atoms with van der Waals surface area (Å²) in [5.41, 5.74) is 28.1. The van der Waals surface area contributed by atoms with Gasteiger partial charge in [-0.2, -0.15) is 0 Å². The number of nitrogens with zero attached hydrogens (tertiary/aromatic N) is 2. The van der Waals surface area contributed by atoms with Crippen LogP contribution >= 0.6 is 21.6 Å². The Bertz CT molecular complexity index is 2480. The highest BCUT2D eigenvalue weighted by atomic mass is 33.1. The van der Waals surface area contributed by atoms with Gasteiger partial charge in [-0.25, -0.2) is 0 Å². The third-order valence-corrected chi connectivity index (χ3v) is 13.9. The van der Waals surface area contributed by atoms with Gasteiger partial charge in [0, 0.05) is 57.2 Å². The molecule has 0 aliphatic carbocycles. The molecule has 78 heavy (non-hydrogen) atoms. The zero-order chi connectivity index (χ0) is 57.9. The lowest BCUT2D eigenvalue weighted by atomic mass is 10.0. The molecule has 0 aromatic heterocycles. The van der Waals surface area contributed by atoms with Gasteiger partial charge in [0.05, 0.1) is 13.0 Å². The number of carboxylic acid groups (broad SMARTS) is 1. The highest BCUT2D eigenvalue weighted by Crippen LogP contribution is 2.26. The molecule has 0 bridgehead atoms. The Kier molecular flexibility index (Phi) is 27.2. The summed E-state index contributed by atoms with van der Waals surface area (Å²) in [5, 5.41) is 35.2. The number of rotatable bonds is 19. The van der Waals surface area contributed by atoms with Crippen molar-refractivity contribution in [2.75, 3.05) is 31.1 Å². The van der Waals surface area contributed by atoms with Gasteiger partial charge in [0.25, 0.3) is 5.97 Å². The number of guanidine groups is 1. The van der Waals surface area contributed by atoms with Crippen molar-refractivity contribution < 1.29 is 67.7 Å². The molecular formula is C48H68N14O14S2. The summed E-state index contributed by atoms with van der Waals surface area (Å²) < 4.78 is 0. The molecule has 30 heteroatoms. The molecule has 2 aliphatic heterocycles. The number of hydrogen-bond donors (Lipinski definition) is 14. The third kappa shape index (κ3) is 23.8. The smallest absolute Gasteiger partial charge is 0.300 e. The van der Waals surface area contributed by atoms with Crippen molar-refractivity contribution >= 4 is 98.5 Å². The Hall–Kier alpha value is -8.15. The van der Waals surface area contributed by atoms with E-state index < -0.39 is 139 Å². The van der Waals surface area contributed by atoms with E-state index in [2.05, 4.69) is 42.2 Å². The van der Waals surface area contributed by atoms with Crippen LogP contribution in [0.5, 0.6) is 5.75 Å². The first-order valence-electron chi connectivity index (χ1n) is 24.5. The minimum atomic E-state index is -1.77. The van der Waals surface area contributed by atoms with E-state index in [4.69, 9.17) is 38.6 Å². The maximum atomic E-state index is 14.6. The van der Waals surface area contributed by atoms with Gasteiger partial charge in [0.1, 0.15) is 48.0 Å². The van der Waals surface area contributed by atoms with E-state index in [9.17, 15) is 57.8 Å². The maximum absolute atomic E-state index is 14.6. The number of carboxylic acids is 1. The van der Waals surface area contributed by atoms with Crippen molar-refractivity contribution in [2.24, 2.45) is 33.7 Å².